The third-order valence-corrected chi connectivity index (χ3v) is 3.47. The van der Waals surface area contributed by atoms with Gasteiger partial charge in [-0.05, 0) is 19.3 Å². The maximum Gasteiger partial charge on any atom is 0.250 e. The molecule has 0 aromatic heterocycles. The lowest BCUT2D eigenvalue weighted by molar-refractivity contribution is -0.0861. The number of alkyl halides is 2. The van der Waals surface area contributed by atoms with Gasteiger partial charge in [0.25, 0.3) is 5.92 Å². The monoisotopic (exact) mass is 227 g/mol. The maximum atomic E-state index is 13.2. The number of halogens is 2. The number of hydrogen-bond acceptors (Lipinski definition) is 2. The molecule has 6 heteroatoms. The first kappa shape index (κ1) is 11.8. The summed E-state index contributed by atoms with van der Waals surface area (Å²) < 4.78 is 47.7. The van der Waals surface area contributed by atoms with Crippen LogP contribution in [0.5, 0.6) is 0 Å². The van der Waals surface area contributed by atoms with Gasteiger partial charge in [-0.15, -0.1) is 0 Å². The van der Waals surface area contributed by atoms with Crippen LogP contribution in [0.2, 0.25) is 0 Å². The van der Waals surface area contributed by atoms with E-state index in [0.29, 0.717) is 12.8 Å². The molecule has 14 heavy (non-hydrogen) atoms. The quantitative estimate of drug-likeness (QED) is 0.794. The molecule has 2 N–H and O–H groups in total. The Balaban J connectivity index is 2.50. The van der Waals surface area contributed by atoms with Gasteiger partial charge < -0.3 is 0 Å². The Kier molecular flexibility index (Phi) is 3.47. The van der Waals surface area contributed by atoms with Crippen molar-refractivity contribution >= 4 is 10.0 Å². The molecule has 0 saturated heterocycles. The predicted octanol–water partition coefficient (Wildman–Crippen LogP) is 1.49. The minimum Gasteiger partial charge on any atom is -0.229 e. The van der Waals surface area contributed by atoms with Crippen molar-refractivity contribution in [2.75, 3.05) is 5.75 Å². The zero-order valence-corrected chi connectivity index (χ0v) is 8.69. The SMILES string of the molecule is NS(=O)(=O)CCC1CCCCC1(F)F. The minimum atomic E-state index is -3.61. The van der Waals surface area contributed by atoms with Crippen LogP contribution in [0.3, 0.4) is 0 Å². The summed E-state index contributed by atoms with van der Waals surface area (Å²) in [6.07, 6.45) is 1.54. The van der Waals surface area contributed by atoms with E-state index in [0.717, 1.165) is 6.42 Å². The molecule has 1 fully saturated rings. The van der Waals surface area contributed by atoms with Gasteiger partial charge in [-0.2, -0.15) is 0 Å². The van der Waals surface area contributed by atoms with E-state index >= 15 is 0 Å². The summed E-state index contributed by atoms with van der Waals surface area (Å²) in [5.41, 5.74) is 0. The topological polar surface area (TPSA) is 60.2 Å². The fourth-order valence-corrected chi connectivity index (χ4v) is 2.44. The van der Waals surface area contributed by atoms with Crippen molar-refractivity contribution in [2.45, 2.75) is 38.0 Å². The van der Waals surface area contributed by atoms with Crippen molar-refractivity contribution in [3.63, 3.8) is 0 Å². The highest BCUT2D eigenvalue weighted by Crippen LogP contribution is 2.40. The van der Waals surface area contributed by atoms with Crippen LogP contribution in [0.1, 0.15) is 32.1 Å². The standard InChI is InChI=1S/C8H15F2NO2S/c9-8(10)5-2-1-3-7(8)4-6-14(11,12)13/h7H,1-6H2,(H2,11,12,13). The Labute approximate surface area is 82.7 Å². The van der Waals surface area contributed by atoms with Gasteiger partial charge >= 0.3 is 0 Å². The first-order valence-corrected chi connectivity index (χ1v) is 6.41. The van der Waals surface area contributed by atoms with Crippen molar-refractivity contribution in [3.05, 3.63) is 0 Å². The lowest BCUT2D eigenvalue weighted by Gasteiger charge is -2.30. The van der Waals surface area contributed by atoms with Gasteiger partial charge in [-0.25, -0.2) is 22.3 Å². The molecule has 84 valence electrons. The van der Waals surface area contributed by atoms with Crippen LogP contribution < -0.4 is 5.14 Å². The van der Waals surface area contributed by atoms with Crippen LogP contribution in [-0.2, 0) is 10.0 Å². The Bertz CT molecular complexity index is 290. The third kappa shape index (κ3) is 3.49. The van der Waals surface area contributed by atoms with E-state index in [1.54, 1.807) is 0 Å². The Morgan fingerprint density at radius 3 is 2.50 bits per heavy atom. The summed E-state index contributed by atoms with van der Waals surface area (Å²) in [6, 6.07) is 0. The molecule has 0 aliphatic heterocycles. The molecule has 0 heterocycles. The lowest BCUT2D eigenvalue weighted by atomic mass is 9.84. The van der Waals surface area contributed by atoms with Crippen LogP contribution in [0, 0.1) is 5.92 Å². The van der Waals surface area contributed by atoms with Gasteiger partial charge in [0.15, 0.2) is 0 Å². The number of sulfonamides is 1. The zero-order valence-electron chi connectivity index (χ0n) is 7.88. The number of hydrogen-bond donors (Lipinski definition) is 1. The molecule has 1 unspecified atom stereocenters. The smallest absolute Gasteiger partial charge is 0.229 e. The van der Waals surface area contributed by atoms with Crippen LogP contribution in [0.4, 0.5) is 8.78 Å². The first-order chi connectivity index (χ1) is 6.31. The van der Waals surface area contributed by atoms with E-state index < -0.39 is 21.9 Å². The van der Waals surface area contributed by atoms with E-state index in [2.05, 4.69) is 0 Å². The predicted molar refractivity (Wildman–Crippen MR) is 49.5 cm³/mol. The van der Waals surface area contributed by atoms with Crippen molar-refractivity contribution in [3.8, 4) is 0 Å². The Morgan fingerprint density at radius 1 is 1.36 bits per heavy atom. The second kappa shape index (κ2) is 4.10. The molecular weight excluding hydrogens is 212 g/mol. The summed E-state index contributed by atoms with van der Waals surface area (Å²) >= 11 is 0. The van der Waals surface area contributed by atoms with E-state index in [9.17, 15) is 17.2 Å². The molecule has 0 radical (unpaired) electrons. The van der Waals surface area contributed by atoms with Gasteiger partial charge in [0.2, 0.25) is 10.0 Å². The summed E-state index contributed by atoms with van der Waals surface area (Å²) in [6.45, 7) is 0. The van der Waals surface area contributed by atoms with Crippen molar-refractivity contribution in [1.29, 1.82) is 0 Å². The van der Waals surface area contributed by atoms with Gasteiger partial charge in [0, 0.05) is 12.3 Å². The number of rotatable bonds is 3. The van der Waals surface area contributed by atoms with Gasteiger partial charge in [0.05, 0.1) is 5.75 Å². The number of primary sulfonamides is 1. The third-order valence-electron chi connectivity index (χ3n) is 2.66. The van der Waals surface area contributed by atoms with Crippen LogP contribution in [0.25, 0.3) is 0 Å². The molecular formula is C8H15F2NO2S. The molecule has 0 bridgehead atoms. The van der Waals surface area contributed by atoms with Crippen molar-refractivity contribution in [2.24, 2.45) is 11.1 Å². The molecule has 1 aliphatic carbocycles. The van der Waals surface area contributed by atoms with E-state index in [1.165, 1.54) is 0 Å². The minimum absolute atomic E-state index is 0.0220. The van der Waals surface area contributed by atoms with Crippen molar-refractivity contribution < 1.29 is 17.2 Å². The van der Waals surface area contributed by atoms with Gasteiger partial charge in [-0.1, -0.05) is 6.42 Å². The molecule has 1 saturated carbocycles. The fraction of sp³-hybridized carbons (Fsp3) is 1.00. The second-order valence-corrected chi connectivity index (χ2v) is 5.59. The normalized spacial score (nSPS) is 27.5. The molecule has 0 aromatic carbocycles. The van der Waals surface area contributed by atoms with Gasteiger partial charge in [0.1, 0.15) is 0 Å². The summed E-state index contributed by atoms with van der Waals surface area (Å²) in [5.74, 6) is -3.86. The zero-order chi connectivity index (χ0) is 10.8. The van der Waals surface area contributed by atoms with E-state index in [4.69, 9.17) is 5.14 Å². The second-order valence-electron chi connectivity index (χ2n) is 3.86. The molecule has 1 rings (SSSR count). The van der Waals surface area contributed by atoms with Crippen LogP contribution >= 0.6 is 0 Å². The summed E-state index contributed by atoms with van der Waals surface area (Å²) in [4.78, 5) is 0. The highest BCUT2D eigenvalue weighted by atomic mass is 32.2. The largest absolute Gasteiger partial charge is 0.250 e. The average Bonchev–Trinajstić information content (AvgIpc) is 2.00. The Hall–Kier alpha value is -0.230. The highest BCUT2D eigenvalue weighted by molar-refractivity contribution is 7.89. The average molecular weight is 227 g/mol. The molecule has 3 nitrogen and oxygen atoms in total. The summed E-state index contributed by atoms with van der Waals surface area (Å²) in [5, 5.41) is 4.77. The highest BCUT2D eigenvalue weighted by Gasteiger charge is 2.41. The van der Waals surface area contributed by atoms with E-state index in [1.807, 2.05) is 0 Å². The molecule has 0 amide bonds. The van der Waals surface area contributed by atoms with Crippen LogP contribution in [0.15, 0.2) is 0 Å². The Morgan fingerprint density at radius 2 is 2.00 bits per heavy atom. The van der Waals surface area contributed by atoms with Gasteiger partial charge in [-0.3, -0.25) is 0 Å². The molecule has 1 atom stereocenters. The lowest BCUT2D eigenvalue weighted by Crippen LogP contribution is -2.33. The van der Waals surface area contributed by atoms with Crippen LogP contribution in [-0.4, -0.2) is 20.1 Å². The number of nitrogens with two attached hydrogens (primary N) is 1. The first-order valence-electron chi connectivity index (χ1n) is 4.69. The maximum absolute atomic E-state index is 13.2. The molecule has 0 aromatic rings. The molecule has 1 aliphatic rings. The fourth-order valence-electron chi connectivity index (χ4n) is 1.83. The van der Waals surface area contributed by atoms with E-state index in [-0.39, 0.29) is 18.6 Å². The summed E-state index contributed by atoms with van der Waals surface area (Å²) in [7, 11) is -3.61. The van der Waals surface area contributed by atoms with Crippen molar-refractivity contribution in [1.82, 2.24) is 0 Å². The molecule has 0 spiro atoms.